The molecule has 1 aliphatic rings. The molecule has 20 heavy (non-hydrogen) atoms. The summed E-state index contributed by atoms with van der Waals surface area (Å²) in [6.07, 6.45) is 6.78. The number of benzene rings is 1. The highest BCUT2D eigenvalue weighted by atomic mass is 16.3. The lowest BCUT2D eigenvalue weighted by Gasteiger charge is -2.32. The molecule has 1 saturated carbocycles. The van der Waals surface area contributed by atoms with Crippen molar-refractivity contribution in [1.82, 2.24) is 0 Å². The third-order valence-electron chi connectivity index (χ3n) is 4.85. The Kier molecular flexibility index (Phi) is 4.98. The molecule has 2 heteroatoms. The minimum Gasteiger partial charge on any atom is -0.377 e. The standard InChI is InChI=1S/C18H26O2/c1-3-4-8-15-11-12-17(13-15)18(20,14(2)19)16-9-6-5-7-10-16/h5-7,9-10,15,17,20H,3-4,8,11-13H2,1-2H3. The molecular formula is C18H26O2. The number of aliphatic hydroxyl groups is 1. The smallest absolute Gasteiger partial charge is 0.166 e. The normalized spacial score (nSPS) is 25.4. The van der Waals surface area contributed by atoms with Crippen molar-refractivity contribution in [2.45, 2.75) is 58.0 Å². The number of unbranched alkanes of at least 4 members (excludes halogenated alkanes) is 1. The lowest BCUT2D eigenvalue weighted by atomic mass is 9.77. The van der Waals surface area contributed by atoms with Crippen LogP contribution in [0.4, 0.5) is 0 Å². The second-order valence-electron chi connectivity index (χ2n) is 6.21. The summed E-state index contributed by atoms with van der Waals surface area (Å²) >= 11 is 0. The van der Waals surface area contributed by atoms with Gasteiger partial charge in [0.1, 0.15) is 0 Å². The molecular weight excluding hydrogens is 248 g/mol. The van der Waals surface area contributed by atoms with E-state index in [0.29, 0.717) is 5.92 Å². The summed E-state index contributed by atoms with van der Waals surface area (Å²) in [6, 6.07) is 9.46. The molecule has 3 atom stereocenters. The van der Waals surface area contributed by atoms with E-state index < -0.39 is 5.60 Å². The number of ketones is 1. The van der Waals surface area contributed by atoms with Gasteiger partial charge in [-0.3, -0.25) is 4.79 Å². The van der Waals surface area contributed by atoms with Crippen LogP contribution in [0.2, 0.25) is 0 Å². The monoisotopic (exact) mass is 274 g/mol. The van der Waals surface area contributed by atoms with Gasteiger partial charge in [-0.05, 0) is 37.2 Å². The first-order chi connectivity index (χ1) is 9.59. The number of hydrogen-bond acceptors (Lipinski definition) is 2. The van der Waals surface area contributed by atoms with Crippen molar-refractivity contribution in [3.63, 3.8) is 0 Å². The van der Waals surface area contributed by atoms with Crippen LogP contribution in [0.3, 0.4) is 0 Å². The maximum Gasteiger partial charge on any atom is 0.166 e. The molecule has 0 aliphatic heterocycles. The maximum absolute atomic E-state index is 12.1. The second kappa shape index (κ2) is 6.53. The van der Waals surface area contributed by atoms with Crippen LogP contribution in [-0.4, -0.2) is 10.9 Å². The van der Waals surface area contributed by atoms with Crippen LogP contribution in [0.25, 0.3) is 0 Å². The summed E-state index contributed by atoms with van der Waals surface area (Å²) in [6.45, 7) is 3.73. The fraction of sp³-hybridized carbons (Fsp3) is 0.611. The van der Waals surface area contributed by atoms with E-state index in [2.05, 4.69) is 6.92 Å². The van der Waals surface area contributed by atoms with Gasteiger partial charge >= 0.3 is 0 Å². The van der Waals surface area contributed by atoms with Gasteiger partial charge in [-0.25, -0.2) is 0 Å². The van der Waals surface area contributed by atoms with Crippen LogP contribution in [0, 0.1) is 11.8 Å². The lowest BCUT2D eigenvalue weighted by molar-refractivity contribution is -0.142. The lowest BCUT2D eigenvalue weighted by Crippen LogP contribution is -2.40. The fourth-order valence-corrected chi connectivity index (χ4v) is 3.63. The summed E-state index contributed by atoms with van der Waals surface area (Å²) in [5, 5.41) is 11.1. The van der Waals surface area contributed by atoms with Crippen LogP contribution in [-0.2, 0) is 10.4 Å². The molecule has 1 aromatic rings. The molecule has 110 valence electrons. The van der Waals surface area contributed by atoms with Crippen LogP contribution < -0.4 is 0 Å². The van der Waals surface area contributed by atoms with E-state index in [-0.39, 0.29) is 11.7 Å². The van der Waals surface area contributed by atoms with Gasteiger partial charge in [0.2, 0.25) is 0 Å². The Bertz CT molecular complexity index is 440. The largest absolute Gasteiger partial charge is 0.377 e. The number of carbonyl (C=O) groups is 1. The van der Waals surface area contributed by atoms with E-state index in [9.17, 15) is 9.90 Å². The van der Waals surface area contributed by atoms with Crippen LogP contribution in [0.15, 0.2) is 30.3 Å². The average Bonchev–Trinajstić information content (AvgIpc) is 2.94. The van der Waals surface area contributed by atoms with Crippen molar-refractivity contribution in [3.8, 4) is 0 Å². The van der Waals surface area contributed by atoms with Crippen molar-refractivity contribution in [1.29, 1.82) is 0 Å². The molecule has 0 radical (unpaired) electrons. The first-order valence-corrected chi connectivity index (χ1v) is 7.88. The number of carbonyl (C=O) groups excluding carboxylic acids is 1. The van der Waals surface area contributed by atoms with Crippen molar-refractivity contribution < 1.29 is 9.90 Å². The molecule has 3 unspecified atom stereocenters. The van der Waals surface area contributed by atoms with Crippen LogP contribution in [0.1, 0.15) is 57.9 Å². The van der Waals surface area contributed by atoms with Gasteiger partial charge in [0.15, 0.2) is 11.4 Å². The third-order valence-corrected chi connectivity index (χ3v) is 4.85. The Morgan fingerprint density at radius 3 is 2.60 bits per heavy atom. The van der Waals surface area contributed by atoms with Crippen molar-refractivity contribution in [2.75, 3.05) is 0 Å². The molecule has 1 aromatic carbocycles. The maximum atomic E-state index is 12.1. The summed E-state index contributed by atoms with van der Waals surface area (Å²) in [5.74, 6) is 0.628. The van der Waals surface area contributed by atoms with Gasteiger partial charge in [-0.2, -0.15) is 0 Å². The predicted octanol–water partition coefficient (Wildman–Crippen LogP) is 4.07. The van der Waals surface area contributed by atoms with Crippen molar-refractivity contribution in [2.24, 2.45) is 11.8 Å². The van der Waals surface area contributed by atoms with Gasteiger partial charge in [-0.1, -0.05) is 62.9 Å². The Labute approximate surface area is 122 Å². The third kappa shape index (κ3) is 2.95. The molecule has 1 N–H and O–H groups in total. The molecule has 0 spiro atoms. The van der Waals surface area contributed by atoms with Crippen LogP contribution >= 0.6 is 0 Å². The number of rotatable bonds is 6. The molecule has 0 aromatic heterocycles. The first-order valence-electron chi connectivity index (χ1n) is 7.88. The van der Waals surface area contributed by atoms with E-state index in [0.717, 1.165) is 24.8 Å². The van der Waals surface area contributed by atoms with E-state index >= 15 is 0 Å². The molecule has 1 aliphatic carbocycles. The topological polar surface area (TPSA) is 37.3 Å². The van der Waals surface area contributed by atoms with Gasteiger partial charge in [0.25, 0.3) is 0 Å². The Morgan fingerprint density at radius 1 is 1.30 bits per heavy atom. The minimum atomic E-state index is -1.29. The van der Waals surface area contributed by atoms with E-state index in [1.165, 1.54) is 26.2 Å². The summed E-state index contributed by atoms with van der Waals surface area (Å²) < 4.78 is 0. The zero-order valence-corrected chi connectivity index (χ0v) is 12.6. The van der Waals surface area contributed by atoms with Gasteiger partial charge < -0.3 is 5.11 Å². The highest BCUT2D eigenvalue weighted by Crippen LogP contribution is 2.45. The van der Waals surface area contributed by atoms with Gasteiger partial charge in [0.05, 0.1) is 0 Å². The molecule has 2 nitrogen and oxygen atoms in total. The van der Waals surface area contributed by atoms with Crippen LogP contribution in [0.5, 0.6) is 0 Å². The SMILES string of the molecule is CCCCC1CCC(C(O)(C(C)=O)c2ccccc2)C1. The Morgan fingerprint density at radius 2 is 2.00 bits per heavy atom. The minimum absolute atomic E-state index is 0.0734. The fourth-order valence-electron chi connectivity index (χ4n) is 3.63. The number of hydrogen-bond donors (Lipinski definition) is 1. The summed E-state index contributed by atoms with van der Waals surface area (Å²) in [5.41, 5.74) is -0.531. The van der Waals surface area contributed by atoms with Crippen molar-refractivity contribution in [3.05, 3.63) is 35.9 Å². The second-order valence-corrected chi connectivity index (χ2v) is 6.21. The van der Waals surface area contributed by atoms with E-state index in [1.807, 2.05) is 30.3 Å². The molecule has 2 rings (SSSR count). The molecule has 1 fully saturated rings. The highest BCUT2D eigenvalue weighted by molar-refractivity contribution is 5.86. The molecule has 0 heterocycles. The van der Waals surface area contributed by atoms with Gasteiger partial charge in [0, 0.05) is 0 Å². The number of Topliss-reactive ketones (excluding diaryl/α,β-unsaturated/α-hetero) is 1. The molecule has 0 amide bonds. The highest BCUT2D eigenvalue weighted by Gasteiger charge is 2.45. The van der Waals surface area contributed by atoms with E-state index in [1.54, 1.807) is 0 Å². The Balaban J connectivity index is 2.16. The quantitative estimate of drug-likeness (QED) is 0.849. The van der Waals surface area contributed by atoms with E-state index in [4.69, 9.17) is 0 Å². The predicted molar refractivity (Wildman–Crippen MR) is 81.4 cm³/mol. The molecule has 0 saturated heterocycles. The zero-order valence-electron chi connectivity index (χ0n) is 12.6. The molecule has 0 bridgehead atoms. The summed E-state index contributed by atoms with van der Waals surface area (Å²) in [7, 11) is 0. The van der Waals surface area contributed by atoms with Gasteiger partial charge in [-0.15, -0.1) is 0 Å². The summed E-state index contributed by atoms with van der Waals surface area (Å²) in [4.78, 5) is 12.1. The van der Waals surface area contributed by atoms with Crippen molar-refractivity contribution >= 4 is 5.78 Å². The zero-order chi connectivity index (χ0) is 14.6. The first kappa shape index (κ1) is 15.2. The average molecular weight is 274 g/mol. The Hall–Kier alpha value is -1.15.